The predicted octanol–water partition coefficient (Wildman–Crippen LogP) is 1.10. The molecule has 0 aromatic heterocycles. The van der Waals surface area contributed by atoms with Crippen molar-refractivity contribution >= 4 is 29.0 Å². The van der Waals surface area contributed by atoms with E-state index >= 15 is 0 Å². The second kappa shape index (κ2) is 5.32. The summed E-state index contributed by atoms with van der Waals surface area (Å²) in [5.41, 5.74) is 4.31. The fourth-order valence-electron chi connectivity index (χ4n) is 1.56. The summed E-state index contributed by atoms with van der Waals surface area (Å²) in [6.45, 7) is 0.813. The molecule has 0 radical (unpaired) electrons. The number of hydrogen-bond acceptors (Lipinski definition) is 3. The molecule has 1 aliphatic rings. The summed E-state index contributed by atoms with van der Waals surface area (Å²) in [7, 11) is 0. The number of nitrogens with zero attached hydrogens (tertiary/aromatic N) is 1. The van der Waals surface area contributed by atoms with E-state index in [-0.39, 0.29) is 17.0 Å². The Morgan fingerprint density at radius 1 is 1.28 bits per heavy atom. The van der Waals surface area contributed by atoms with Crippen molar-refractivity contribution in [3.05, 3.63) is 40.6 Å². The summed E-state index contributed by atoms with van der Waals surface area (Å²) in [5.74, 6) is -0.643. The lowest BCUT2D eigenvalue weighted by Crippen LogP contribution is -2.55. The Kier molecular flexibility index (Phi) is 3.78. The summed E-state index contributed by atoms with van der Waals surface area (Å²) in [6, 6.07) is 5.74. The summed E-state index contributed by atoms with van der Waals surface area (Å²) < 4.78 is 12.7. The van der Waals surface area contributed by atoms with Crippen LogP contribution in [0.1, 0.15) is 5.56 Å². The van der Waals surface area contributed by atoms with Crippen molar-refractivity contribution in [2.24, 2.45) is 0 Å². The van der Waals surface area contributed by atoms with Crippen LogP contribution in [0, 0.1) is 5.82 Å². The topological polar surface area (TPSA) is 65.0 Å². The molecule has 4 nitrogen and oxygen atoms in total. The zero-order chi connectivity index (χ0) is 13.1. The number of halogens is 1. The van der Waals surface area contributed by atoms with E-state index in [4.69, 9.17) is 0 Å². The maximum absolute atomic E-state index is 12.7. The lowest BCUT2D eigenvalue weighted by molar-refractivity contribution is -0.367. The van der Waals surface area contributed by atoms with Gasteiger partial charge in [0.1, 0.15) is 5.82 Å². The fourth-order valence-corrected chi connectivity index (χ4v) is 2.43. The first-order chi connectivity index (χ1) is 8.61. The van der Waals surface area contributed by atoms with Gasteiger partial charge in [-0.1, -0.05) is 12.1 Å². The molecule has 1 aromatic carbocycles. The van der Waals surface area contributed by atoms with Crippen molar-refractivity contribution in [3.8, 4) is 0 Å². The normalized spacial score (nSPS) is 17.9. The highest BCUT2D eigenvalue weighted by Crippen LogP contribution is 2.31. The molecule has 0 unspecified atom stereocenters. The number of thioether (sulfide) groups is 1. The van der Waals surface area contributed by atoms with E-state index in [1.165, 1.54) is 17.0 Å². The minimum Gasteiger partial charge on any atom is -0.356 e. The van der Waals surface area contributed by atoms with Crippen LogP contribution in [-0.4, -0.2) is 29.1 Å². The smallest absolute Gasteiger partial charge is 0.293 e. The van der Waals surface area contributed by atoms with Crippen LogP contribution in [0.25, 0.3) is 6.08 Å². The molecule has 1 aromatic rings. The Balaban J connectivity index is 2.22. The number of hydrogen-bond donors (Lipinski definition) is 1. The van der Waals surface area contributed by atoms with E-state index in [9.17, 15) is 14.0 Å². The highest BCUT2D eigenvalue weighted by molar-refractivity contribution is 8.18. The van der Waals surface area contributed by atoms with Crippen LogP contribution in [0.15, 0.2) is 29.2 Å². The van der Waals surface area contributed by atoms with Gasteiger partial charge in [0, 0.05) is 0 Å². The predicted molar refractivity (Wildman–Crippen MR) is 66.8 cm³/mol. The van der Waals surface area contributed by atoms with Crippen LogP contribution < -0.4 is 5.73 Å². The third kappa shape index (κ3) is 2.60. The second-order valence-electron chi connectivity index (χ2n) is 3.74. The van der Waals surface area contributed by atoms with Gasteiger partial charge < -0.3 is 5.73 Å². The van der Waals surface area contributed by atoms with Crippen molar-refractivity contribution in [1.29, 1.82) is 0 Å². The molecule has 18 heavy (non-hydrogen) atoms. The first kappa shape index (κ1) is 12.8. The van der Waals surface area contributed by atoms with Gasteiger partial charge in [0.25, 0.3) is 11.1 Å². The van der Waals surface area contributed by atoms with Crippen LogP contribution in [0.3, 0.4) is 0 Å². The third-order valence-electron chi connectivity index (χ3n) is 2.42. The molecule has 0 aliphatic carbocycles. The molecule has 1 heterocycles. The number of amides is 2. The molecule has 1 saturated heterocycles. The summed E-state index contributed by atoms with van der Waals surface area (Å²) in [6.07, 6.45) is 1.59. The molecule has 6 heteroatoms. The standard InChI is InChI=1S/C12H11FN2O2S/c13-9-3-1-8(2-4-9)7-10-11(16)15(6-5-14)12(17)18-10/h1-4,7H,5-6,14H2/p+1/b10-7-. The fraction of sp³-hybridized carbons (Fsp3) is 0.167. The number of rotatable bonds is 3. The van der Waals surface area contributed by atoms with Crippen LogP contribution in [0.5, 0.6) is 0 Å². The number of carbonyl (C=O) groups excluding carboxylic acids is 2. The van der Waals surface area contributed by atoms with E-state index in [0.717, 1.165) is 11.8 Å². The maximum atomic E-state index is 12.7. The Hall–Kier alpha value is -1.66. The van der Waals surface area contributed by atoms with Gasteiger partial charge in [-0.3, -0.25) is 14.5 Å². The van der Waals surface area contributed by atoms with E-state index in [2.05, 4.69) is 5.73 Å². The first-order valence-electron chi connectivity index (χ1n) is 5.42. The Labute approximate surface area is 108 Å². The minimum absolute atomic E-state index is 0.281. The molecule has 2 amide bonds. The van der Waals surface area contributed by atoms with Crippen LogP contribution in [0.2, 0.25) is 0 Å². The number of imide groups is 1. The van der Waals surface area contributed by atoms with Gasteiger partial charge in [-0.15, -0.1) is 0 Å². The lowest BCUT2D eigenvalue weighted by Gasteiger charge is -2.08. The number of benzene rings is 1. The van der Waals surface area contributed by atoms with Crippen molar-refractivity contribution in [3.63, 3.8) is 0 Å². The molecular formula is C12H12FN2O2S+. The van der Waals surface area contributed by atoms with Gasteiger partial charge in [-0.2, -0.15) is 0 Å². The van der Waals surface area contributed by atoms with Crippen molar-refractivity contribution in [2.45, 2.75) is 0 Å². The SMILES string of the molecule is [NH3+]CCN1C(=O)S/C(=C\c2ccc(F)cc2)C1=O. The molecule has 3 N–H and O–H groups in total. The van der Waals surface area contributed by atoms with Gasteiger partial charge in [0.2, 0.25) is 0 Å². The summed E-state index contributed by atoms with van der Waals surface area (Å²) in [5, 5.41) is -0.281. The molecule has 0 spiro atoms. The summed E-state index contributed by atoms with van der Waals surface area (Å²) >= 11 is 0.898. The molecular weight excluding hydrogens is 255 g/mol. The monoisotopic (exact) mass is 267 g/mol. The van der Waals surface area contributed by atoms with Crippen LogP contribution in [0.4, 0.5) is 9.18 Å². The van der Waals surface area contributed by atoms with Gasteiger partial charge in [-0.25, -0.2) is 4.39 Å². The second-order valence-corrected chi connectivity index (χ2v) is 4.73. The molecule has 94 valence electrons. The molecule has 0 saturated carbocycles. The van der Waals surface area contributed by atoms with Crippen molar-refractivity contribution in [2.75, 3.05) is 13.1 Å². The number of quaternary nitrogens is 1. The molecule has 1 aliphatic heterocycles. The molecule has 0 atom stereocenters. The van der Waals surface area contributed by atoms with E-state index in [1.807, 2.05) is 0 Å². The number of carbonyl (C=O) groups is 2. The van der Waals surface area contributed by atoms with Gasteiger partial charge in [-0.05, 0) is 35.5 Å². The highest BCUT2D eigenvalue weighted by Gasteiger charge is 2.34. The van der Waals surface area contributed by atoms with E-state index < -0.39 is 0 Å². The zero-order valence-electron chi connectivity index (χ0n) is 9.56. The first-order valence-corrected chi connectivity index (χ1v) is 6.23. The Morgan fingerprint density at radius 3 is 2.56 bits per heavy atom. The van der Waals surface area contributed by atoms with Gasteiger partial charge >= 0.3 is 0 Å². The lowest BCUT2D eigenvalue weighted by atomic mass is 10.2. The largest absolute Gasteiger partial charge is 0.356 e. The van der Waals surface area contributed by atoms with Gasteiger partial charge in [0.05, 0.1) is 18.0 Å². The average molecular weight is 267 g/mol. The molecule has 1 fully saturated rings. The Morgan fingerprint density at radius 2 is 1.94 bits per heavy atom. The summed E-state index contributed by atoms with van der Waals surface area (Å²) in [4.78, 5) is 25.0. The maximum Gasteiger partial charge on any atom is 0.293 e. The zero-order valence-corrected chi connectivity index (χ0v) is 10.4. The quantitative estimate of drug-likeness (QED) is 0.834. The van der Waals surface area contributed by atoms with Gasteiger partial charge in [0.15, 0.2) is 0 Å². The highest BCUT2D eigenvalue weighted by atomic mass is 32.2. The molecule has 0 bridgehead atoms. The third-order valence-corrected chi connectivity index (χ3v) is 3.33. The van der Waals surface area contributed by atoms with E-state index in [1.54, 1.807) is 18.2 Å². The average Bonchev–Trinajstić information content (AvgIpc) is 2.60. The Bertz CT molecular complexity index is 513. The van der Waals surface area contributed by atoms with E-state index in [0.29, 0.717) is 23.6 Å². The minimum atomic E-state index is -0.336. The van der Waals surface area contributed by atoms with Crippen LogP contribution >= 0.6 is 11.8 Å². The molecule has 2 rings (SSSR count). The van der Waals surface area contributed by atoms with Crippen molar-refractivity contribution in [1.82, 2.24) is 4.90 Å². The van der Waals surface area contributed by atoms with Crippen molar-refractivity contribution < 1.29 is 19.7 Å². The van der Waals surface area contributed by atoms with Crippen LogP contribution in [-0.2, 0) is 4.79 Å².